The van der Waals surface area contributed by atoms with Gasteiger partial charge < -0.3 is 0 Å². The molecule has 0 unspecified atom stereocenters. The van der Waals surface area contributed by atoms with Gasteiger partial charge in [0.2, 0.25) is 0 Å². The molecule has 0 amide bonds. The Kier molecular flexibility index (Phi) is 3.82. The molecule has 1 aromatic heterocycles. The Morgan fingerprint density at radius 2 is 1.92 bits per heavy atom. The predicted octanol–water partition coefficient (Wildman–Crippen LogP) is 3.76. The monoisotopic (exact) mass is 327 g/mol. The van der Waals surface area contributed by atoms with Crippen molar-refractivity contribution in [2.24, 2.45) is 5.92 Å². The molecule has 2 saturated carbocycles. The topological polar surface area (TPSA) is 78.0 Å². The minimum absolute atomic E-state index is 0.0345. The fourth-order valence-corrected chi connectivity index (χ4v) is 3.82. The van der Waals surface area contributed by atoms with E-state index in [0.29, 0.717) is 23.9 Å². The predicted molar refractivity (Wildman–Crippen MR) is 91.2 cm³/mol. The molecule has 0 atom stereocenters. The van der Waals surface area contributed by atoms with Crippen molar-refractivity contribution in [3.8, 4) is 0 Å². The van der Waals surface area contributed by atoms with Crippen molar-refractivity contribution in [1.82, 2.24) is 9.55 Å². The van der Waals surface area contributed by atoms with Crippen molar-refractivity contribution in [2.75, 3.05) is 0 Å². The first kappa shape index (κ1) is 15.3. The summed E-state index contributed by atoms with van der Waals surface area (Å²) in [4.78, 5) is 27.8. The Labute approximate surface area is 139 Å². The lowest BCUT2D eigenvalue weighted by Gasteiger charge is -2.23. The Bertz CT molecular complexity index is 848. The van der Waals surface area contributed by atoms with Crippen LogP contribution in [0.1, 0.15) is 56.6 Å². The van der Waals surface area contributed by atoms with Gasteiger partial charge in [-0.2, -0.15) is 4.98 Å². The van der Waals surface area contributed by atoms with Crippen LogP contribution in [0.4, 0.5) is 5.69 Å². The maximum atomic E-state index is 12.6. The molecule has 6 nitrogen and oxygen atoms in total. The van der Waals surface area contributed by atoms with Gasteiger partial charge in [0, 0.05) is 30.0 Å². The number of nitro groups is 1. The van der Waals surface area contributed by atoms with Crippen LogP contribution in [-0.2, 0) is 6.54 Å². The molecule has 1 aromatic carbocycles. The van der Waals surface area contributed by atoms with Gasteiger partial charge in [-0.15, -0.1) is 0 Å². The van der Waals surface area contributed by atoms with E-state index >= 15 is 0 Å². The van der Waals surface area contributed by atoms with Crippen molar-refractivity contribution < 1.29 is 4.92 Å². The smallest absolute Gasteiger partial charge is 0.291 e. The molecule has 2 aromatic rings. The van der Waals surface area contributed by atoms with Crippen LogP contribution in [-0.4, -0.2) is 14.5 Å². The lowest BCUT2D eigenvalue weighted by atomic mass is 9.85. The highest BCUT2D eigenvalue weighted by atomic mass is 16.6. The molecule has 0 radical (unpaired) electrons. The molecule has 1 heterocycles. The average molecular weight is 327 g/mol. The third-order valence-corrected chi connectivity index (χ3v) is 5.34. The van der Waals surface area contributed by atoms with E-state index in [9.17, 15) is 14.9 Å². The zero-order valence-electron chi connectivity index (χ0n) is 13.6. The van der Waals surface area contributed by atoms with E-state index in [1.165, 1.54) is 12.5 Å². The molecule has 0 saturated heterocycles. The van der Waals surface area contributed by atoms with Gasteiger partial charge in [0.15, 0.2) is 0 Å². The van der Waals surface area contributed by atoms with Crippen molar-refractivity contribution in [3.05, 3.63) is 44.5 Å². The number of nitrogens with zero attached hydrogens (tertiary/aromatic N) is 3. The maximum Gasteiger partial charge on any atom is 0.348 e. The van der Waals surface area contributed by atoms with Gasteiger partial charge >= 0.3 is 5.69 Å². The number of benzene rings is 1. The van der Waals surface area contributed by atoms with E-state index in [1.807, 2.05) is 0 Å². The summed E-state index contributed by atoms with van der Waals surface area (Å²) >= 11 is 0. The van der Waals surface area contributed by atoms with Gasteiger partial charge in [-0.05, 0) is 37.7 Å². The molecule has 126 valence electrons. The molecule has 2 fully saturated rings. The van der Waals surface area contributed by atoms with Crippen molar-refractivity contribution in [3.63, 3.8) is 0 Å². The normalized spacial score (nSPS) is 18.8. The highest BCUT2D eigenvalue weighted by Gasteiger charge is 2.26. The molecule has 0 bridgehead atoms. The van der Waals surface area contributed by atoms with Crippen molar-refractivity contribution in [1.29, 1.82) is 0 Å². The summed E-state index contributed by atoms with van der Waals surface area (Å²) in [6.07, 6.45) is 7.88. The lowest BCUT2D eigenvalue weighted by molar-refractivity contribution is -0.384. The molecule has 0 aliphatic heterocycles. The van der Waals surface area contributed by atoms with Crippen LogP contribution in [0.15, 0.2) is 23.0 Å². The van der Waals surface area contributed by atoms with Crippen LogP contribution in [0.2, 0.25) is 0 Å². The third-order valence-electron chi connectivity index (χ3n) is 5.34. The minimum Gasteiger partial charge on any atom is -0.291 e. The van der Waals surface area contributed by atoms with Crippen LogP contribution in [0.5, 0.6) is 0 Å². The molecule has 2 aliphatic carbocycles. The van der Waals surface area contributed by atoms with E-state index in [2.05, 4.69) is 4.98 Å². The summed E-state index contributed by atoms with van der Waals surface area (Å²) < 4.78 is 1.65. The van der Waals surface area contributed by atoms with E-state index in [4.69, 9.17) is 0 Å². The Morgan fingerprint density at radius 1 is 1.17 bits per heavy atom. The first-order valence-electron chi connectivity index (χ1n) is 8.82. The van der Waals surface area contributed by atoms with Gasteiger partial charge in [0.25, 0.3) is 5.69 Å². The number of rotatable bonds is 4. The maximum absolute atomic E-state index is 12.6. The van der Waals surface area contributed by atoms with E-state index < -0.39 is 4.92 Å². The summed E-state index contributed by atoms with van der Waals surface area (Å²) in [5, 5.41) is 12.1. The second kappa shape index (κ2) is 6.00. The van der Waals surface area contributed by atoms with Crippen LogP contribution in [0.25, 0.3) is 10.9 Å². The van der Waals surface area contributed by atoms with Gasteiger partial charge in [-0.25, -0.2) is 4.79 Å². The van der Waals surface area contributed by atoms with Crippen molar-refractivity contribution in [2.45, 2.75) is 57.4 Å². The third kappa shape index (κ3) is 2.81. The van der Waals surface area contributed by atoms with Crippen LogP contribution in [0, 0.1) is 16.0 Å². The summed E-state index contributed by atoms with van der Waals surface area (Å²) in [5.74, 6) is 0.804. The van der Waals surface area contributed by atoms with E-state index in [1.54, 1.807) is 16.7 Å². The van der Waals surface area contributed by atoms with Crippen LogP contribution < -0.4 is 5.69 Å². The summed E-state index contributed by atoms with van der Waals surface area (Å²) in [7, 11) is 0. The molecule has 2 aliphatic rings. The number of aromatic nitrogens is 2. The fourth-order valence-electron chi connectivity index (χ4n) is 3.82. The highest BCUT2D eigenvalue weighted by Crippen LogP contribution is 2.36. The van der Waals surface area contributed by atoms with Gasteiger partial charge in [0.05, 0.1) is 16.1 Å². The first-order chi connectivity index (χ1) is 11.6. The van der Waals surface area contributed by atoms with Gasteiger partial charge in [-0.1, -0.05) is 19.3 Å². The molecule has 0 spiro atoms. The van der Waals surface area contributed by atoms with Crippen LogP contribution >= 0.6 is 0 Å². The zero-order valence-corrected chi connectivity index (χ0v) is 13.6. The number of fused-ring (bicyclic) bond motifs is 1. The molecular formula is C18H21N3O3. The minimum atomic E-state index is -0.397. The Hall–Kier alpha value is -2.24. The number of non-ortho nitro benzene ring substituents is 1. The Morgan fingerprint density at radius 3 is 2.58 bits per heavy atom. The van der Waals surface area contributed by atoms with E-state index in [-0.39, 0.29) is 11.4 Å². The molecule has 0 N–H and O–H groups in total. The second-order valence-corrected chi connectivity index (χ2v) is 7.13. The average Bonchev–Trinajstić information content (AvgIpc) is 3.41. The van der Waals surface area contributed by atoms with Gasteiger partial charge in [-0.3, -0.25) is 14.7 Å². The largest absolute Gasteiger partial charge is 0.348 e. The fraction of sp³-hybridized carbons (Fsp3) is 0.556. The van der Waals surface area contributed by atoms with Crippen LogP contribution in [0.3, 0.4) is 0 Å². The molecule has 4 rings (SSSR count). The number of nitro benzene ring substituents is 1. The quantitative estimate of drug-likeness (QED) is 0.632. The standard InChI is InChI=1S/C18H21N3O3/c22-18-19-17(13-4-2-1-3-5-13)15-9-8-14(21(23)24)10-16(15)20(18)11-12-6-7-12/h8-10,12-13H,1-7,11H2. The van der Waals surface area contributed by atoms with Crippen molar-refractivity contribution >= 4 is 16.6 Å². The Balaban J connectivity index is 1.90. The van der Waals surface area contributed by atoms with E-state index in [0.717, 1.165) is 49.6 Å². The summed E-state index contributed by atoms with van der Waals surface area (Å²) in [6.45, 7) is 0.619. The summed E-state index contributed by atoms with van der Waals surface area (Å²) in [6, 6.07) is 4.86. The number of hydrogen-bond acceptors (Lipinski definition) is 4. The SMILES string of the molecule is O=c1nc(C2CCCCC2)c2ccc([N+](=O)[O-])cc2n1CC1CC1. The lowest BCUT2D eigenvalue weighted by Crippen LogP contribution is -2.27. The van der Waals surface area contributed by atoms with Gasteiger partial charge in [0.1, 0.15) is 0 Å². The number of hydrogen-bond donors (Lipinski definition) is 0. The zero-order chi connectivity index (χ0) is 16.7. The highest BCUT2D eigenvalue weighted by molar-refractivity contribution is 5.84. The summed E-state index contributed by atoms with van der Waals surface area (Å²) in [5.41, 5.74) is 1.30. The molecule has 24 heavy (non-hydrogen) atoms. The molecular weight excluding hydrogens is 306 g/mol. The second-order valence-electron chi connectivity index (χ2n) is 7.13. The first-order valence-corrected chi connectivity index (χ1v) is 8.82. The molecule has 6 heteroatoms.